The Bertz CT molecular complexity index is 819. The molecule has 1 aromatic heterocycles. The Hall–Kier alpha value is -3.16. The Labute approximate surface area is 177 Å². The summed E-state index contributed by atoms with van der Waals surface area (Å²) in [6, 6.07) is 9.18. The van der Waals surface area contributed by atoms with Crippen molar-refractivity contribution < 1.29 is 9.59 Å². The molecule has 30 heavy (non-hydrogen) atoms. The van der Waals surface area contributed by atoms with E-state index in [-0.39, 0.29) is 17.7 Å². The number of hydrogen-bond donors (Lipinski definition) is 2. The molecule has 0 aliphatic carbocycles. The van der Waals surface area contributed by atoms with Crippen molar-refractivity contribution in [3.8, 4) is 0 Å². The molecule has 0 atom stereocenters. The monoisotopic (exact) mass is 410 g/mol. The third-order valence-corrected chi connectivity index (χ3v) is 5.42. The molecule has 1 saturated heterocycles. The SMILES string of the molecule is CCCCN(C)c1ccc(C(=O)NNC(=O)C2CCN(c3ncccn3)CC2)cc1. The summed E-state index contributed by atoms with van der Waals surface area (Å²) in [6.45, 7) is 4.57. The molecule has 8 heteroatoms. The molecule has 160 valence electrons. The summed E-state index contributed by atoms with van der Waals surface area (Å²) in [4.78, 5) is 37.5. The van der Waals surface area contributed by atoms with Gasteiger partial charge in [-0.15, -0.1) is 0 Å². The average molecular weight is 411 g/mol. The van der Waals surface area contributed by atoms with E-state index in [1.807, 2.05) is 19.2 Å². The minimum atomic E-state index is -0.318. The first-order valence-corrected chi connectivity index (χ1v) is 10.5. The molecule has 2 N–H and O–H groups in total. The minimum Gasteiger partial charge on any atom is -0.375 e. The lowest BCUT2D eigenvalue weighted by Gasteiger charge is -2.31. The highest BCUT2D eigenvalue weighted by molar-refractivity contribution is 5.95. The largest absolute Gasteiger partial charge is 0.375 e. The van der Waals surface area contributed by atoms with Crippen molar-refractivity contribution in [2.45, 2.75) is 32.6 Å². The predicted octanol–water partition coefficient (Wildman–Crippen LogP) is 2.39. The third-order valence-electron chi connectivity index (χ3n) is 5.42. The van der Waals surface area contributed by atoms with Crippen LogP contribution < -0.4 is 20.7 Å². The topological polar surface area (TPSA) is 90.5 Å². The van der Waals surface area contributed by atoms with Crippen molar-refractivity contribution >= 4 is 23.5 Å². The lowest BCUT2D eigenvalue weighted by molar-refractivity contribution is -0.126. The molecule has 1 aliphatic heterocycles. The smallest absolute Gasteiger partial charge is 0.269 e. The number of nitrogens with zero attached hydrogens (tertiary/aromatic N) is 4. The maximum absolute atomic E-state index is 12.4. The molecule has 0 saturated carbocycles. The highest BCUT2D eigenvalue weighted by Crippen LogP contribution is 2.20. The van der Waals surface area contributed by atoms with E-state index in [1.54, 1.807) is 30.6 Å². The van der Waals surface area contributed by atoms with Gasteiger partial charge in [0.25, 0.3) is 5.91 Å². The third kappa shape index (κ3) is 5.68. The van der Waals surface area contributed by atoms with E-state index in [4.69, 9.17) is 0 Å². The van der Waals surface area contributed by atoms with Gasteiger partial charge in [-0.25, -0.2) is 9.97 Å². The predicted molar refractivity (Wildman–Crippen MR) is 117 cm³/mol. The lowest BCUT2D eigenvalue weighted by atomic mass is 9.96. The Kier molecular flexibility index (Phi) is 7.59. The number of rotatable bonds is 7. The van der Waals surface area contributed by atoms with Gasteiger partial charge >= 0.3 is 0 Å². The molecular formula is C22H30N6O2. The minimum absolute atomic E-state index is 0.139. The van der Waals surface area contributed by atoms with Crippen LogP contribution in [-0.2, 0) is 4.79 Å². The van der Waals surface area contributed by atoms with E-state index in [2.05, 4.69) is 37.5 Å². The maximum Gasteiger partial charge on any atom is 0.269 e. The number of unbranched alkanes of at least 4 members (excludes halogenated alkanes) is 1. The van der Waals surface area contributed by atoms with Gasteiger partial charge in [-0.1, -0.05) is 13.3 Å². The molecule has 3 rings (SSSR count). The molecule has 1 fully saturated rings. The van der Waals surface area contributed by atoms with E-state index in [1.165, 1.54) is 0 Å². The second kappa shape index (κ2) is 10.6. The average Bonchev–Trinajstić information content (AvgIpc) is 2.81. The van der Waals surface area contributed by atoms with Crippen LogP contribution in [0.3, 0.4) is 0 Å². The van der Waals surface area contributed by atoms with Crippen molar-refractivity contribution in [3.63, 3.8) is 0 Å². The molecule has 0 unspecified atom stereocenters. The van der Waals surface area contributed by atoms with Gasteiger partial charge in [0.05, 0.1) is 0 Å². The summed E-state index contributed by atoms with van der Waals surface area (Å²) in [6.07, 6.45) is 7.09. The summed E-state index contributed by atoms with van der Waals surface area (Å²) in [5.74, 6) is 0.0717. The second-order valence-corrected chi connectivity index (χ2v) is 7.58. The summed E-state index contributed by atoms with van der Waals surface area (Å²) in [5.41, 5.74) is 6.68. The first-order chi connectivity index (χ1) is 14.6. The molecule has 1 aliphatic rings. The summed E-state index contributed by atoms with van der Waals surface area (Å²) in [7, 11) is 2.04. The van der Waals surface area contributed by atoms with Gasteiger partial charge in [0, 0.05) is 56.2 Å². The van der Waals surface area contributed by atoms with E-state index in [0.717, 1.165) is 25.1 Å². The zero-order chi connectivity index (χ0) is 21.3. The van der Waals surface area contributed by atoms with Crippen LogP contribution in [0.2, 0.25) is 0 Å². The maximum atomic E-state index is 12.4. The number of amides is 2. The number of anilines is 2. The number of hydrogen-bond acceptors (Lipinski definition) is 6. The number of aromatic nitrogens is 2. The van der Waals surface area contributed by atoms with E-state index >= 15 is 0 Å². The Morgan fingerprint density at radius 3 is 2.40 bits per heavy atom. The van der Waals surface area contributed by atoms with Gasteiger partial charge in [0.1, 0.15) is 0 Å². The van der Waals surface area contributed by atoms with Crippen LogP contribution >= 0.6 is 0 Å². The fourth-order valence-corrected chi connectivity index (χ4v) is 3.48. The van der Waals surface area contributed by atoms with Gasteiger partial charge in [-0.2, -0.15) is 0 Å². The molecule has 2 aromatic rings. The number of carbonyl (C=O) groups excluding carboxylic acids is 2. The molecule has 0 radical (unpaired) electrons. The molecule has 0 spiro atoms. The van der Waals surface area contributed by atoms with Crippen molar-refractivity contribution in [3.05, 3.63) is 48.3 Å². The number of nitrogens with one attached hydrogen (secondary N) is 2. The van der Waals surface area contributed by atoms with Crippen molar-refractivity contribution in [2.75, 3.05) is 36.5 Å². The normalized spacial score (nSPS) is 14.3. The van der Waals surface area contributed by atoms with Gasteiger partial charge in [-0.3, -0.25) is 20.4 Å². The quantitative estimate of drug-likeness (QED) is 0.681. The highest BCUT2D eigenvalue weighted by atomic mass is 16.2. The van der Waals surface area contributed by atoms with Crippen LogP contribution in [0.15, 0.2) is 42.7 Å². The Balaban J connectivity index is 1.44. The second-order valence-electron chi connectivity index (χ2n) is 7.58. The van der Waals surface area contributed by atoms with Crippen LogP contribution in [0.4, 0.5) is 11.6 Å². The zero-order valence-corrected chi connectivity index (χ0v) is 17.7. The van der Waals surface area contributed by atoms with Crippen LogP contribution in [0.25, 0.3) is 0 Å². The standard InChI is InChI=1S/C22H30N6O2/c1-3-4-14-27(2)19-8-6-17(7-9-19)20(29)25-26-21(30)18-10-15-28(16-11-18)22-23-12-5-13-24-22/h5-9,12-13,18H,3-4,10-11,14-16H2,1-2H3,(H,25,29)(H,26,30). The van der Waals surface area contributed by atoms with Crippen LogP contribution in [-0.4, -0.2) is 48.5 Å². The summed E-state index contributed by atoms with van der Waals surface area (Å²) < 4.78 is 0. The Morgan fingerprint density at radius 2 is 1.77 bits per heavy atom. The molecule has 8 nitrogen and oxygen atoms in total. The van der Waals surface area contributed by atoms with Crippen LogP contribution in [0, 0.1) is 5.92 Å². The van der Waals surface area contributed by atoms with Crippen molar-refractivity contribution in [1.82, 2.24) is 20.8 Å². The van der Waals surface area contributed by atoms with E-state index in [9.17, 15) is 9.59 Å². The summed E-state index contributed by atoms with van der Waals surface area (Å²) >= 11 is 0. The number of benzene rings is 1. The molecule has 2 heterocycles. The number of hydrazine groups is 1. The molecule has 2 amide bonds. The van der Waals surface area contributed by atoms with E-state index in [0.29, 0.717) is 37.4 Å². The molecular weight excluding hydrogens is 380 g/mol. The fourth-order valence-electron chi connectivity index (χ4n) is 3.48. The van der Waals surface area contributed by atoms with Gasteiger partial charge in [0.2, 0.25) is 11.9 Å². The first-order valence-electron chi connectivity index (χ1n) is 10.5. The fraction of sp³-hybridized carbons (Fsp3) is 0.455. The van der Waals surface area contributed by atoms with Crippen LogP contribution in [0.5, 0.6) is 0 Å². The lowest BCUT2D eigenvalue weighted by Crippen LogP contribution is -2.47. The van der Waals surface area contributed by atoms with Crippen molar-refractivity contribution in [2.24, 2.45) is 5.92 Å². The highest BCUT2D eigenvalue weighted by Gasteiger charge is 2.26. The van der Waals surface area contributed by atoms with Crippen molar-refractivity contribution in [1.29, 1.82) is 0 Å². The van der Waals surface area contributed by atoms with Gasteiger partial charge in [-0.05, 0) is 49.6 Å². The zero-order valence-electron chi connectivity index (χ0n) is 17.7. The summed E-state index contributed by atoms with van der Waals surface area (Å²) in [5, 5.41) is 0. The number of piperidine rings is 1. The molecule has 1 aromatic carbocycles. The van der Waals surface area contributed by atoms with Gasteiger partial charge in [0.15, 0.2) is 0 Å². The molecule has 0 bridgehead atoms. The Morgan fingerprint density at radius 1 is 1.10 bits per heavy atom. The first kappa shape index (κ1) is 21.5. The van der Waals surface area contributed by atoms with E-state index < -0.39 is 0 Å². The number of carbonyl (C=O) groups is 2. The van der Waals surface area contributed by atoms with Gasteiger partial charge < -0.3 is 9.80 Å². The van der Waals surface area contributed by atoms with Crippen LogP contribution in [0.1, 0.15) is 43.0 Å².